The first-order valence-electron chi connectivity index (χ1n) is 8.39. The van der Waals surface area contributed by atoms with Crippen LogP contribution >= 0.6 is 0 Å². The third-order valence-corrected chi connectivity index (χ3v) is 5.60. The number of nitrogens with one attached hydrogen (secondary N) is 2. The summed E-state index contributed by atoms with van der Waals surface area (Å²) in [5.41, 5.74) is 0. The Balaban J connectivity index is 1.55. The van der Waals surface area contributed by atoms with Gasteiger partial charge in [0.1, 0.15) is 0 Å². The van der Waals surface area contributed by atoms with Gasteiger partial charge in [0.2, 0.25) is 0 Å². The second-order valence-electron chi connectivity index (χ2n) is 6.79. The molecule has 0 aromatic carbocycles. The van der Waals surface area contributed by atoms with Crippen LogP contribution in [0.2, 0.25) is 0 Å². The van der Waals surface area contributed by atoms with Crippen LogP contribution in [0, 0.1) is 5.92 Å². The molecule has 3 fully saturated rings. The summed E-state index contributed by atoms with van der Waals surface area (Å²) in [6.45, 7) is 1.24. The lowest BCUT2D eigenvalue weighted by Gasteiger charge is -2.38. The zero-order valence-corrected chi connectivity index (χ0v) is 12.4. The molecule has 5 unspecified atom stereocenters. The van der Waals surface area contributed by atoms with Crippen LogP contribution in [0.25, 0.3) is 0 Å². The van der Waals surface area contributed by atoms with Crippen LogP contribution in [0.1, 0.15) is 57.8 Å². The first kappa shape index (κ1) is 13.8. The Hall–Kier alpha value is -0.120. The third-order valence-electron chi connectivity index (χ3n) is 5.60. The quantitative estimate of drug-likeness (QED) is 0.820. The lowest BCUT2D eigenvalue weighted by molar-refractivity contribution is 0.105. The summed E-state index contributed by atoms with van der Waals surface area (Å²) in [4.78, 5) is 0. The van der Waals surface area contributed by atoms with Crippen molar-refractivity contribution in [2.45, 2.75) is 82.0 Å². The zero-order valence-electron chi connectivity index (χ0n) is 12.4. The normalized spacial score (nSPS) is 43.7. The zero-order chi connectivity index (χ0) is 13.1. The number of ether oxygens (including phenoxy) is 1. The molecule has 19 heavy (non-hydrogen) atoms. The average molecular weight is 266 g/mol. The molecule has 3 rings (SSSR count). The smallest absolute Gasteiger partial charge is 0.0586 e. The Morgan fingerprint density at radius 3 is 2.63 bits per heavy atom. The van der Waals surface area contributed by atoms with Gasteiger partial charge in [-0.3, -0.25) is 0 Å². The van der Waals surface area contributed by atoms with Crippen molar-refractivity contribution in [3.63, 3.8) is 0 Å². The summed E-state index contributed by atoms with van der Waals surface area (Å²) in [7, 11) is 1.86. The van der Waals surface area contributed by atoms with E-state index < -0.39 is 0 Å². The van der Waals surface area contributed by atoms with Gasteiger partial charge in [0, 0.05) is 25.2 Å². The second-order valence-corrected chi connectivity index (χ2v) is 6.79. The molecule has 0 spiro atoms. The minimum Gasteiger partial charge on any atom is -0.381 e. The van der Waals surface area contributed by atoms with Gasteiger partial charge in [-0.25, -0.2) is 0 Å². The number of hydrogen-bond donors (Lipinski definition) is 2. The number of hydrogen-bond acceptors (Lipinski definition) is 3. The lowest BCUT2D eigenvalue weighted by Crippen LogP contribution is -2.49. The summed E-state index contributed by atoms with van der Waals surface area (Å²) in [6.07, 6.45) is 12.7. The van der Waals surface area contributed by atoms with E-state index in [4.69, 9.17) is 4.74 Å². The summed E-state index contributed by atoms with van der Waals surface area (Å²) in [5, 5.41) is 7.73. The molecule has 2 N–H and O–H groups in total. The van der Waals surface area contributed by atoms with Gasteiger partial charge in [0.25, 0.3) is 0 Å². The molecule has 3 aliphatic rings. The summed E-state index contributed by atoms with van der Waals surface area (Å²) >= 11 is 0. The Labute approximate surface area is 117 Å². The fraction of sp³-hybridized carbons (Fsp3) is 1.00. The van der Waals surface area contributed by atoms with E-state index in [1.165, 1.54) is 64.3 Å². The molecular formula is C16H30N2O. The van der Waals surface area contributed by atoms with E-state index in [0.29, 0.717) is 12.1 Å². The molecule has 0 bridgehead atoms. The Kier molecular flexibility index (Phi) is 4.78. The van der Waals surface area contributed by atoms with Crippen molar-refractivity contribution in [1.29, 1.82) is 0 Å². The maximum absolute atomic E-state index is 5.50. The van der Waals surface area contributed by atoms with Gasteiger partial charge in [0.05, 0.1) is 6.10 Å². The van der Waals surface area contributed by atoms with Gasteiger partial charge < -0.3 is 15.4 Å². The van der Waals surface area contributed by atoms with E-state index in [0.717, 1.165) is 18.0 Å². The SMILES string of the molecule is COC1CCC(NC2CCCCC2C2CCCN2)C1. The van der Waals surface area contributed by atoms with E-state index in [1.807, 2.05) is 7.11 Å². The number of methoxy groups -OCH3 is 1. The second kappa shape index (κ2) is 6.55. The van der Waals surface area contributed by atoms with E-state index >= 15 is 0 Å². The van der Waals surface area contributed by atoms with Crippen molar-refractivity contribution in [3.05, 3.63) is 0 Å². The summed E-state index contributed by atoms with van der Waals surface area (Å²) in [6, 6.07) is 2.25. The Bertz CT molecular complexity index is 278. The molecule has 110 valence electrons. The molecule has 2 saturated carbocycles. The largest absolute Gasteiger partial charge is 0.381 e. The minimum absolute atomic E-state index is 0.504. The van der Waals surface area contributed by atoms with Gasteiger partial charge in [-0.1, -0.05) is 12.8 Å². The highest BCUT2D eigenvalue weighted by Gasteiger charge is 2.35. The average Bonchev–Trinajstić information content (AvgIpc) is 3.10. The van der Waals surface area contributed by atoms with Crippen molar-refractivity contribution >= 4 is 0 Å². The van der Waals surface area contributed by atoms with Gasteiger partial charge >= 0.3 is 0 Å². The molecule has 2 aliphatic carbocycles. The van der Waals surface area contributed by atoms with Crippen LogP contribution in [-0.2, 0) is 4.74 Å². The fourth-order valence-corrected chi connectivity index (χ4v) is 4.53. The minimum atomic E-state index is 0.504. The van der Waals surface area contributed by atoms with E-state index in [9.17, 15) is 0 Å². The van der Waals surface area contributed by atoms with E-state index in [1.54, 1.807) is 0 Å². The molecule has 0 aromatic rings. The van der Waals surface area contributed by atoms with Crippen LogP contribution in [0.3, 0.4) is 0 Å². The maximum Gasteiger partial charge on any atom is 0.0586 e. The third kappa shape index (κ3) is 3.32. The molecule has 5 atom stereocenters. The first-order chi connectivity index (χ1) is 9.36. The standard InChI is InChI=1S/C16H30N2O/c1-19-13-9-8-12(11-13)18-16-6-3-2-5-14(16)15-7-4-10-17-15/h12-18H,2-11H2,1H3. The van der Waals surface area contributed by atoms with Gasteiger partial charge in [-0.05, 0) is 57.4 Å². The molecule has 0 amide bonds. The van der Waals surface area contributed by atoms with Crippen LogP contribution in [0.15, 0.2) is 0 Å². The Morgan fingerprint density at radius 2 is 1.89 bits per heavy atom. The molecule has 1 aliphatic heterocycles. The fourth-order valence-electron chi connectivity index (χ4n) is 4.53. The summed E-state index contributed by atoms with van der Waals surface area (Å²) in [5.74, 6) is 0.873. The van der Waals surface area contributed by atoms with Gasteiger partial charge in [-0.2, -0.15) is 0 Å². The van der Waals surface area contributed by atoms with Crippen LogP contribution < -0.4 is 10.6 Å². The van der Waals surface area contributed by atoms with Crippen molar-refractivity contribution in [3.8, 4) is 0 Å². The molecule has 0 aromatic heterocycles. The molecule has 0 radical (unpaired) electrons. The van der Waals surface area contributed by atoms with Crippen LogP contribution in [-0.4, -0.2) is 37.9 Å². The van der Waals surface area contributed by atoms with Gasteiger partial charge in [-0.15, -0.1) is 0 Å². The highest BCUT2D eigenvalue weighted by atomic mass is 16.5. The van der Waals surface area contributed by atoms with E-state index in [2.05, 4.69) is 10.6 Å². The van der Waals surface area contributed by atoms with E-state index in [-0.39, 0.29) is 0 Å². The van der Waals surface area contributed by atoms with Crippen LogP contribution in [0.4, 0.5) is 0 Å². The first-order valence-corrected chi connectivity index (χ1v) is 8.39. The number of rotatable bonds is 4. The monoisotopic (exact) mass is 266 g/mol. The Morgan fingerprint density at radius 1 is 1.00 bits per heavy atom. The maximum atomic E-state index is 5.50. The van der Waals surface area contributed by atoms with Gasteiger partial charge in [0.15, 0.2) is 0 Å². The van der Waals surface area contributed by atoms with Crippen LogP contribution in [0.5, 0.6) is 0 Å². The predicted octanol–water partition coefficient (Wildman–Crippen LogP) is 2.45. The predicted molar refractivity (Wildman–Crippen MR) is 78.3 cm³/mol. The van der Waals surface area contributed by atoms with Crippen molar-refractivity contribution in [2.24, 2.45) is 5.92 Å². The van der Waals surface area contributed by atoms with Crippen molar-refractivity contribution in [2.75, 3.05) is 13.7 Å². The highest BCUT2D eigenvalue weighted by molar-refractivity contribution is 4.94. The molecule has 1 heterocycles. The molecule has 3 nitrogen and oxygen atoms in total. The highest BCUT2D eigenvalue weighted by Crippen LogP contribution is 2.32. The van der Waals surface area contributed by atoms with Crippen molar-refractivity contribution in [1.82, 2.24) is 10.6 Å². The topological polar surface area (TPSA) is 33.3 Å². The lowest BCUT2D eigenvalue weighted by atomic mass is 9.79. The molecular weight excluding hydrogens is 236 g/mol. The molecule has 1 saturated heterocycles. The van der Waals surface area contributed by atoms with Crippen molar-refractivity contribution < 1.29 is 4.74 Å². The summed E-state index contributed by atoms with van der Waals surface area (Å²) < 4.78 is 5.50. The molecule has 3 heteroatoms.